The molecule has 0 radical (unpaired) electrons. The molecular weight excluding hydrogens is 345 g/mol. The van der Waals surface area contributed by atoms with Crippen molar-refractivity contribution in [2.24, 2.45) is 0 Å². The Balaban J connectivity index is 2.16. The fraction of sp³-hybridized carbons (Fsp3) is 0.167. The number of amides is 1. The Morgan fingerprint density at radius 1 is 0.962 bits per heavy atom. The minimum atomic E-state index is -1.56. The van der Waals surface area contributed by atoms with Crippen LogP contribution in [0.1, 0.15) is 11.5 Å². The van der Waals surface area contributed by atoms with Crippen molar-refractivity contribution >= 4 is 23.7 Å². The molecule has 0 heterocycles. The van der Waals surface area contributed by atoms with E-state index in [4.69, 9.17) is 4.74 Å². The van der Waals surface area contributed by atoms with E-state index < -0.39 is 29.8 Å². The summed E-state index contributed by atoms with van der Waals surface area (Å²) in [5.41, 5.74) is -0.147. The Morgan fingerprint density at radius 2 is 1.58 bits per heavy atom. The van der Waals surface area contributed by atoms with Crippen molar-refractivity contribution in [3.05, 3.63) is 59.9 Å². The number of nitrogens with one attached hydrogen (secondary N) is 1. The molecule has 1 N–H and O–H groups in total. The number of rotatable bonds is 5. The minimum absolute atomic E-state index is 0.0839. The Bertz CT molecular complexity index is 793. The zero-order chi connectivity index (χ0) is 19.1. The monoisotopic (exact) mass is 361 g/mol. The van der Waals surface area contributed by atoms with Gasteiger partial charge < -0.3 is 14.2 Å². The number of benzene rings is 2. The molecule has 0 aliphatic rings. The van der Waals surface area contributed by atoms with Crippen molar-refractivity contribution in [2.45, 2.75) is 5.92 Å². The van der Waals surface area contributed by atoms with Gasteiger partial charge >= 0.3 is 18.0 Å². The summed E-state index contributed by atoms with van der Waals surface area (Å²) in [7, 11) is 2.15. The summed E-state index contributed by atoms with van der Waals surface area (Å²) in [6, 6.07) is 11.8. The van der Waals surface area contributed by atoms with Crippen molar-refractivity contribution in [1.29, 1.82) is 0 Å². The molecule has 26 heavy (non-hydrogen) atoms. The number of para-hydroxylation sites is 1. The highest BCUT2D eigenvalue weighted by Gasteiger charge is 2.33. The smallest absolute Gasteiger partial charge is 0.417 e. The number of hydrogen-bond acceptors (Lipinski definition) is 6. The van der Waals surface area contributed by atoms with Crippen LogP contribution in [0, 0.1) is 5.82 Å². The molecule has 2 rings (SSSR count). The number of esters is 2. The lowest BCUT2D eigenvalue weighted by Crippen LogP contribution is -2.25. The van der Waals surface area contributed by atoms with Crippen LogP contribution < -0.4 is 10.1 Å². The molecule has 0 aromatic heterocycles. The van der Waals surface area contributed by atoms with Gasteiger partial charge in [0.25, 0.3) is 0 Å². The zero-order valence-corrected chi connectivity index (χ0v) is 14.0. The molecule has 7 nitrogen and oxygen atoms in total. The second kappa shape index (κ2) is 8.61. The first-order valence-electron chi connectivity index (χ1n) is 7.45. The first-order chi connectivity index (χ1) is 12.5. The third kappa shape index (κ3) is 4.56. The van der Waals surface area contributed by atoms with Gasteiger partial charge in [0.15, 0.2) is 5.92 Å². The molecule has 2 aromatic rings. The van der Waals surface area contributed by atoms with Gasteiger partial charge in [0.2, 0.25) is 0 Å². The number of ether oxygens (including phenoxy) is 3. The summed E-state index contributed by atoms with van der Waals surface area (Å²) in [6.45, 7) is 0. The second-order valence-electron chi connectivity index (χ2n) is 5.04. The number of carbonyl (C=O) groups is 3. The fourth-order valence-electron chi connectivity index (χ4n) is 2.16. The molecule has 0 aliphatic carbocycles. The van der Waals surface area contributed by atoms with Crippen LogP contribution in [0.15, 0.2) is 48.5 Å². The SMILES string of the molecule is COC(=O)C(C(=O)OC)c1ccc(NC(=O)Oc2ccccc2)cc1F. The summed E-state index contributed by atoms with van der Waals surface area (Å²) < 4.78 is 28.4. The van der Waals surface area contributed by atoms with Crippen molar-refractivity contribution in [1.82, 2.24) is 0 Å². The lowest BCUT2D eigenvalue weighted by molar-refractivity contribution is -0.154. The maximum Gasteiger partial charge on any atom is 0.417 e. The predicted molar refractivity (Wildman–Crippen MR) is 89.3 cm³/mol. The molecule has 0 aliphatic heterocycles. The number of hydrogen-bond donors (Lipinski definition) is 1. The van der Waals surface area contributed by atoms with Gasteiger partial charge in [-0.05, 0) is 24.3 Å². The van der Waals surface area contributed by atoms with E-state index in [1.165, 1.54) is 12.1 Å². The van der Waals surface area contributed by atoms with Crippen molar-refractivity contribution in [3.8, 4) is 5.75 Å². The number of halogens is 1. The van der Waals surface area contributed by atoms with E-state index in [-0.39, 0.29) is 11.3 Å². The third-order valence-corrected chi connectivity index (χ3v) is 3.39. The molecule has 0 saturated heterocycles. The lowest BCUT2D eigenvalue weighted by Gasteiger charge is -2.14. The lowest BCUT2D eigenvalue weighted by atomic mass is 9.98. The Labute approximate surface area is 148 Å². The van der Waals surface area contributed by atoms with Crippen LogP contribution in [0.4, 0.5) is 14.9 Å². The van der Waals surface area contributed by atoms with Crippen LogP contribution in [-0.4, -0.2) is 32.3 Å². The van der Waals surface area contributed by atoms with E-state index >= 15 is 0 Å². The largest absolute Gasteiger partial charge is 0.468 e. The van der Waals surface area contributed by atoms with Gasteiger partial charge in [-0.25, -0.2) is 9.18 Å². The highest BCUT2D eigenvalue weighted by atomic mass is 19.1. The van der Waals surface area contributed by atoms with Gasteiger partial charge in [0.05, 0.1) is 14.2 Å². The van der Waals surface area contributed by atoms with Gasteiger partial charge in [-0.2, -0.15) is 0 Å². The summed E-state index contributed by atoms with van der Waals surface area (Å²) in [6.07, 6.45) is -0.819. The summed E-state index contributed by atoms with van der Waals surface area (Å²) in [4.78, 5) is 35.3. The van der Waals surface area contributed by atoms with Gasteiger partial charge in [0.1, 0.15) is 11.6 Å². The predicted octanol–water partition coefficient (Wildman–Crippen LogP) is 2.87. The van der Waals surface area contributed by atoms with E-state index in [2.05, 4.69) is 14.8 Å². The highest BCUT2D eigenvalue weighted by Crippen LogP contribution is 2.25. The van der Waals surface area contributed by atoms with E-state index in [1.807, 2.05) is 0 Å². The maximum atomic E-state index is 14.4. The number of anilines is 1. The summed E-state index contributed by atoms with van der Waals surface area (Å²) in [5, 5.41) is 2.35. The van der Waals surface area contributed by atoms with Crippen LogP contribution in [0.25, 0.3) is 0 Å². The van der Waals surface area contributed by atoms with Crippen molar-refractivity contribution in [2.75, 3.05) is 19.5 Å². The maximum absolute atomic E-state index is 14.4. The topological polar surface area (TPSA) is 90.9 Å². The Hall–Kier alpha value is -3.42. The minimum Gasteiger partial charge on any atom is -0.468 e. The molecule has 0 saturated carbocycles. The van der Waals surface area contributed by atoms with Gasteiger partial charge in [0, 0.05) is 11.3 Å². The molecule has 1 amide bonds. The molecule has 0 bridgehead atoms. The summed E-state index contributed by atoms with van der Waals surface area (Å²) >= 11 is 0. The average Bonchev–Trinajstić information content (AvgIpc) is 2.63. The molecule has 0 fully saturated rings. The number of methoxy groups -OCH3 is 2. The molecular formula is C18H16FNO6. The van der Waals surface area contributed by atoms with Gasteiger partial charge in [-0.15, -0.1) is 0 Å². The standard InChI is InChI=1S/C18H16FNO6/c1-24-16(21)15(17(22)25-2)13-9-8-11(10-14(13)19)20-18(23)26-12-6-4-3-5-7-12/h3-10,15H,1-2H3,(H,20,23). The van der Waals surface area contributed by atoms with Crippen molar-refractivity contribution in [3.63, 3.8) is 0 Å². The van der Waals surface area contributed by atoms with E-state index in [1.54, 1.807) is 30.3 Å². The highest BCUT2D eigenvalue weighted by molar-refractivity contribution is 6.01. The van der Waals surface area contributed by atoms with Crippen LogP contribution >= 0.6 is 0 Å². The van der Waals surface area contributed by atoms with Crippen LogP contribution in [-0.2, 0) is 19.1 Å². The second-order valence-corrected chi connectivity index (χ2v) is 5.04. The zero-order valence-electron chi connectivity index (χ0n) is 14.0. The fourth-order valence-corrected chi connectivity index (χ4v) is 2.16. The van der Waals surface area contributed by atoms with E-state index in [0.29, 0.717) is 5.75 Å². The Morgan fingerprint density at radius 3 is 2.12 bits per heavy atom. The van der Waals surface area contributed by atoms with Crippen molar-refractivity contribution < 1.29 is 33.0 Å². The average molecular weight is 361 g/mol. The first-order valence-corrected chi connectivity index (χ1v) is 7.45. The molecule has 136 valence electrons. The third-order valence-electron chi connectivity index (χ3n) is 3.39. The number of carbonyl (C=O) groups excluding carboxylic acids is 3. The first kappa shape index (κ1) is 18.9. The van der Waals surface area contributed by atoms with Crippen LogP contribution in [0.3, 0.4) is 0 Å². The van der Waals surface area contributed by atoms with E-state index in [9.17, 15) is 18.8 Å². The normalized spacial score (nSPS) is 10.2. The summed E-state index contributed by atoms with van der Waals surface area (Å²) in [5.74, 6) is -4.04. The quantitative estimate of drug-likeness (QED) is 0.650. The van der Waals surface area contributed by atoms with Crippen LogP contribution in [0.5, 0.6) is 5.75 Å². The Kier molecular flexibility index (Phi) is 6.26. The molecule has 0 atom stereocenters. The van der Waals surface area contributed by atoms with E-state index in [0.717, 1.165) is 20.3 Å². The van der Waals surface area contributed by atoms with Gasteiger partial charge in [-0.3, -0.25) is 14.9 Å². The molecule has 0 spiro atoms. The van der Waals surface area contributed by atoms with Crippen LogP contribution in [0.2, 0.25) is 0 Å². The molecule has 8 heteroatoms. The molecule has 2 aromatic carbocycles. The molecule has 0 unspecified atom stereocenters. The van der Waals surface area contributed by atoms with Gasteiger partial charge in [-0.1, -0.05) is 24.3 Å².